The normalized spacial score (nSPS) is 15.8. The molecular weight excluding hydrogens is 250 g/mol. The summed E-state index contributed by atoms with van der Waals surface area (Å²) in [6.45, 7) is 6.16. The Morgan fingerprint density at radius 2 is 2.08 bits per heavy atom. The van der Waals surface area contributed by atoms with Crippen LogP contribution in [0.5, 0.6) is 0 Å². The molecule has 1 aromatic heterocycles. The third-order valence-corrected chi connectivity index (χ3v) is 4.70. The average Bonchev–Trinajstić information content (AvgIpc) is 2.44. The van der Waals surface area contributed by atoms with Gasteiger partial charge in [0.1, 0.15) is 5.01 Å². The van der Waals surface area contributed by atoms with Gasteiger partial charge < -0.3 is 4.74 Å². The first-order valence-corrected chi connectivity index (χ1v) is 5.90. The summed E-state index contributed by atoms with van der Waals surface area (Å²) in [7, 11) is 1.71. The van der Waals surface area contributed by atoms with E-state index in [9.17, 15) is 0 Å². The summed E-state index contributed by atoms with van der Waals surface area (Å²) < 4.78 is 5.24. The van der Waals surface area contributed by atoms with Gasteiger partial charge in [0.2, 0.25) is 0 Å². The Hall–Kier alpha value is 0.0700. The van der Waals surface area contributed by atoms with E-state index in [1.165, 1.54) is 4.88 Å². The molecule has 0 bridgehead atoms. The Morgan fingerprint density at radius 3 is 2.46 bits per heavy atom. The second-order valence-corrected chi connectivity index (χ2v) is 5.26. The SMILES string of the molecule is COC(C)C(Br)c1nc(C)c(C)s1. The first-order chi connectivity index (χ1) is 6.06. The van der Waals surface area contributed by atoms with Gasteiger partial charge in [-0.1, -0.05) is 15.9 Å². The van der Waals surface area contributed by atoms with Gasteiger partial charge in [0.05, 0.1) is 16.6 Å². The highest BCUT2D eigenvalue weighted by Gasteiger charge is 2.19. The molecule has 0 aliphatic rings. The Balaban J connectivity index is 2.82. The fourth-order valence-corrected chi connectivity index (χ4v) is 2.53. The van der Waals surface area contributed by atoms with Crippen LogP contribution < -0.4 is 0 Å². The Labute approximate surface area is 91.5 Å². The average molecular weight is 264 g/mol. The molecule has 0 spiro atoms. The van der Waals surface area contributed by atoms with Gasteiger partial charge in [-0.3, -0.25) is 0 Å². The summed E-state index contributed by atoms with van der Waals surface area (Å²) >= 11 is 5.31. The van der Waals surface area contributed by atoms with Crippen molar-refractivity contribution in [3.8, 4) is 0 Å². The maximum atomic E-state index is 5.24. The number of aryl methyl sites for hydroxylation is 2. The quantitative estimate of drug-likeness (QED) is 0.782. The summed E-state index contributed by atoms with van der Waals surface area (Å²) in [6, 6.07) is 0. The number of hydrogen-bond donors (Lipinski definition) is 0. The van der Waals surface area contributed by atoms with E-state index in [0.29, 0.717) is 0 Å². The van der Waals surface area contributed by atoms with Gasteiger partial charge in [0.15, 0.2) is 0 Å². The van der Waals surface area contributed by atoms with Crippen LogP contribution in [0.4, 0.5) is 0 Å². The second kappa shape index (κ2) is 4.53. The van der Waals surface area contributed by atoms with Gasteiger partial charge in [-0.15, -0.1) is 11.3 Å². The lowest BCUT2D eigenvalue weighted by Gasteiger charge is -2.13. The molecule has 1 heterocycles. The molecule has 0 radical (unpaired) electrons. The van der Waals surface area contributed by atoms with Crippen LogP contribution in [0.15, 0.2) is 0 Å². The minimum atomic E-state index is 0.157. The van der Waals surface area contributed by atoms with Crippen LogP contribution in [0.3, 0.4) is 0 Å². The summed E-state index contributed by atoms with van der Waals surface area (Å²) in [6.07, 6.45) is 0.157. The van der Waals surface area contributed by atoms with Crippen LogP contribution in [0.25, 0.3) is 0 Å². The van der Waals surface area contributed by atoms with Crippen molar-refractivity contribution in [3.63, 3.8) is 0 Å². The number of nitrogens with zero attached hydrogens (tertiary/aromatic N) is 1. The summed E-state index contributed by atoms with van der Waals surface area (Å²) in [4.78, 5) is 5.95. The van der Waals surface area contributed by atoms with Gasteiger partial charge in [-0.05, 0) is 20.8 Å². The Bertz CT molecular complexity index is 268. The Morgan fingerprint density at radius 1 is 1.46 bits per heavy atom. The number of ether oxygens (including phenoxy) is 1. The molecule has 4 heteroatoms. The first kappa shape index (κ1) is 11.1. The van der Waals surface area contributed by atoms with E-state index in [2.05, 4.69) is 27.8 Å². The van der Waals surface area contributed by atoms with Crippen molar-refractivity contribution in [1.82, 2.24) is 4.98 Å². The van der Waals surface area contributed by atoms with Gasteiger partial charge in [0, 0.05) is 12.0 Å². The zero-order valence-corrected chi connectivity index (χ0v) is 10.7. The molecule has 2 nitrogen and oxygen atoms in total. The fraction of sp³-hybridized carbons (Fsp3) is 0.667. The van der Waals surface area contributed by atoms with Crippen molar-refractivity contribution in [3.05, 3.63) is 15.6 Å². The third-order valence-electron chi connectivity index (χ3n) is 2.06. The van der Waals surface area contributed by atoms with Crippen molar-refractivity contribution in [2.24, 2.45) is 0 Å². The lowest BCUT2D eigenvalue weighted by Crippen LogP contribution is -2.11. The molecule has 0 N–H and O–H groups in total. The molecule has 0 saturated carbocycles. The van der Waals surface area contributed by atoms with Crippen LogP contribution in [0.2, 0.25) is 0 Å². The number of aromatic nitrogens is 1. The standard InChI is InChI=1S/C9H14BrNOS/c1-5-7(3)13-9(11-5)8(10)6(2)12-4/h6,8H,1-4H3. The molecule has 0 amide bonds. The monoisotopic (exact) mass is 263 g/mol. The molecule has 0 aliphatic heterocycles. The van der Waals surface area contributed by atoms with Crippen LogP contribution >= 0.6 is 27.3 Å². The zero-order chi connectivity index (χ0) is 10.0. The van der Waals surface area contributed by atoms with E-state index in [1.807, 2.05) is 13.8 Å². The highest BCUT2D eigenvalue weighted by Crippen LogP contribution is 2.32. The number of rotatable bonds is 3. The van der Waals surface area contributed by atoms with E-state index in [1.54, 1.807) is 18.4 Å². The number of alkyl halides is 1. The third kappa shape index (κ3) is 2.51. The van der Waals surface area contributed by atoms with Crippen molar-refractivity contribution >= 4 is 27.3 Å². The van der Waals surface area contributed by atoms with Crippen LogP contribution in [-0.4, -0.2) is 18.2 Å². The highest BCUT2D eigenvalue weighted by molar-refractivity contribution is 9.09. The molecule has 2 unspecified atom stereocenters. The van der Waals surface area contributed by atoms with E-state index in [0.717, 1.165) is 10.7 Å². The Kier molecular flexibility index (Phi) is 3.88. The van der Waals surface area contributed by atoms with Gasteiger partial charge in [-0.2, -0.15) is 0 Å². The number of thiazole rings is 1. The predicted molar refractivity (Wildman–Crippen MR) is 59.7 cm³/mol. The zero-order valence-electron chi connectivity index (χ0n) is 8.30. The van der Waals surface area contributed by atoms with Crippen LogP contribution in [-0.2, 0) is 4.74 Å². The number of methoxy groups -OCH3 is 1. The van der Waals surface area contributed by atoms with E-state index >= 15 is 0 Å². The summed E-state index contributed by atoms with van der Waals surface area (Å²) in [5.41, 5.74) is 1.12. The molecule has 0 aliphatic carbocycles. The van der Waals surface area contributed by atoms with Gasteiger partial charge >= 0.3 is 0 Å². The topological polar surface area (TPSA) is 22.1 Å². The maximum absolute atomic E-state index is 5.24. The molecule has 0 aromatic carbocycles. The number of halogens is 1. The largest absolute Gasteiger partial charge is 0.380 e. The van der Waals surface area contributed by atoms with Crippen molar-refractivity contribution in [2.75, 3.05) is 7.11 Å². The summed E-state index contributed by atoms with van der Waals surface area (Å²) in [5, 5.41) is 1.10. The number of hydrogen-bond acceptors (Lipinski definition) is 3. The lowest BCUT2D eigenvalue weighted by atomic mass is 10.3. The summed E-state index contributed by atoms with van der Waals surface area (Å²) in [5.74, 6) is 0. The van der Waals surface area contributed by atoms with E-state index in [-0.39, 0.29) is 10.9 Å². The predicted octanol–water partition coefficient (Wildman–Crippen LogP) is 3.23. The lowest BCUT2D eigenvalue weighted by molar-refractivity contribution is 0.117. The minimum Gasteiger partial charge on any atom is -0.380 e. The highest BCUT2D eigenvalue weighted by atomic mass is 79.9. The van der Waals surface area contributed by atoms with Crippen molar-refractivity contribution < 1.29 is 4.74 Å². The first-order valence-electron chi connectivity index (χ1n) is 4.17. The second-order valence-electron chi connectivity index (χ2n) is 3.04. The van der Waals surface area contributed by atoms with Crippen LogP contribution in [0, 0.1) is 13.8 Å². The molecule has 13 heavy (non-hydrogen) atoms. The van der Waals surface area contributed by atoms with Crippen LogP contribution in [0.1, 0.15) is 27.3 Å². The maximum Gasteiger partial charge on any atom is 0.109 e. The molecule has 1 rings (SSSR count). The van der Waals surface area contributed by atoms with E-state index in [4.69, 9.17) is 4.74 Å². The molecule has 1 aromatic rings. The van der Waals surface area contributed by atoms with Crippen molar-refractivity contribution in [2.45, 2.75) is 31.7 Å². The minimum absolute atomic E-state index is 0.157. The smallest absolute Gasteiger partial charge is 0.109 e. The molecule has 2 atom stereocenters. The molecule has 0 saturated heterocycles. The van der Waals surface area contributed by atoms with E-state index < -0.39 is 0 Å². The fourth-order valence-electron chi connectivity index (χ4n) is 0.936. The van der Waals surface area contributed by atoms with Gasteiger partial charge in [-0.25, -0.2) is 4.98 Å². The van der Waals surface area contributed by atoms with Gasteiger partial charge in [0.25, 0.3) is 0 Å². The molecule has 0 fully saturated rings. The van der Waals surface area contributed by atoms with Crippen molar-refractivity contribution in [1.29, 1.82) is 0 Å². The molecular formula is C9H14BrNOS. The molecule has 74 valence electrons.